The van der Waals surface area contributed by atoms with Crippen LogP contribution in [0.4, 0.5) is 24.0 Å². The lowest BCUT2D eigenvalue weighted by Gasteiger charge is -2.11. The van der Waals surface area contributed by atoms with Crippen molar-refractivity contribution in [3.8, 4) is 11.5 Å². The molecule has 12 heteroatoms. The number of alkyl halides is 3. The van der Waals surface area contributed by atoms with Gasteiger partial charge in [-0.3, -0.25) is 4.79 Å². The SMILES string of the molecule is CCOc1cc(Cl)c(/C=N\NC(=O)Cc2csc(Nc3cccc(C(F)(F)F)c3)n2)cc1OC. The van der Waals surface area contributed by atoms with Gasteiger partial charge in [-0.05, 0) is 31.2 Å². The number of carbonyl (C=O) groups excluding carboxylic acids is 1. The van der Waals surface area contributed by atoms with Gasteiger partial charge in [0.05, 0.1) is 42.6 Å². The third-order valence-corrected chi connectivity index (χ3v) is 5.44. The molecule has 0 bridgehead atoms. The lowest BCUT2D eigenvalue weighted by molar-refractivity contribution is -0.137. The molecule has 2 aromatic carbocycles. The Balaban J connectivity index is 1.58. The van der Waals surface area contributed by atoms with E-state index in [-0.39, 0.29) is 12.1 Å². The van der Waals surface area contributed by atoms with E-state index in [2.05, 4.69) is 20.8 Å². The largest absolute Gasteiger partial charge is 0.493 e. The van der Waals surface area contributed by atoms with Gasteiger partial charge in [0.25, 0.3) is 0 Å². The Hall–Kier alpha value is -3.31. The van der Waals surface area contributed by atoms with Crippen molar-refractivity contribution < 1.29 is 27.4 Å². The van der Waals surface area contributed by atoms with Crippen LogP contribution in [0, 0.1) is 0 Å². The van der Waals surface area contributed by atoms with Gasteiger partial charge in [0, 0.05) is 22.7 Å². The molecule has 3 aromatic rings. The normalized spacial score (nSPS) is 11.5. The number of halogens is 4. The highest BCUT2D eigenvalue weighted by Crippen LogP contribution is 2.33. The minimum atomic E-state index is -4.44. The molecule has 0 saturated heterocycles. The maximum Gasteiger partial charge on any atom is 0.416 e. The molecule has 2 N–H and O–H groups in total. The summed E-state index contributed by atoms with van der Waals surface area (Å²) in [5.41, 5.74) is 2.82. The maximum absolute atomic E-state index is 12.9. The predicted molar refractivity (Wildman–Crippen MR) is 125 cm³/mol. The number of anilines is 2. The Kier molecular flexibility index (Phi) is 8.35. The van der Waals surface area contributed by atoms with Gasteiger partial charge in [-0.15, -0.1) is 11.3 Å². The second kappa shape index (κ2) is 11.2. The summed E-state index contributed by atoms with van der Waals surface area (Å²) in [6, 6.07) is 8.01. The molecule has 0 unspecified atom stereocenters. The highest BCUT2D eigenvalue weighted by Gasteiger charge is 2.30. The summed E-state index contributed by atoms with van der Waals surface area (Å²) in [6.45, 7) is 2.29. The molecule has 3 rings (SSSR count). The van der Waals surface area contributed by atoms with Crippen molar-refractivity contribution in [3.63, 3.8) is 0 Å². The molecular formula is C22H20ClF3N4O3S. The number of aromatic nitrogens is 1. The third kappa shape index (κ3) is 6.84. The first-order valence-corrected chi connectivity index (χ1v) is 11.2. The zero-order valence-corrected chi connectivity index (χ0v) is 19.6. The molecule has 0 atom stereocenters. The van der Waals surface area contributed by atoms with Crippen LogP contribution >= 0.6 is 22.9 Å². The average Bonchev–Trinajstić information content (AvgIpc) is 3.21. The van der Waals surface area contributed by atoms with Crippen LogP contribution < -0.4 is 20.2 Å². The summed E-state index contributed by atoms with van der Waals surface area (Å²) in [5, 5.41) is 9.08. The monoisotopic (exact) mass is 512 g/mol. The molecule has 0 aliphatic heterocycles. The van der Waals surface area contributed by atoms with Gasteiger partial charge in [0.2, 0.25) is 5.91 Å². The van der Waals surface area contributed by atoms with Gasteiger partial charge < -0.3 is 14.8 Å². The van der Waals surface area contributed by atoms with E-state index in [9.17, 15) is 18.0 Å². The number of nitrogens with one attached hydrogen (secondary N) is 2. The Labute approximate surface area is 202 Å². The Bertz CT molecular complexity index is 1180. The number of thiazole rings is 1. The number of hydrogen-bond donors (Lipinski definition) is 2. The molecule has 1 amide bonds. The van der Waals surface area contributed by atoms with E-state index in [0.717, 1.165) is 12.1 Å². The summed E-state index contributed by atoms with van der Waals surface area (Å²) in [7, 11) is 1.50. The molecule has 34 heavy (non-hydrogen) atoms. The van der Waals surface area contributed by atoms with Crippen LogP contribution in [0.15, 0.2) is 46.9 Å². The van der Waals surface area contributed by atoms with Gasteiger partial charge in [0.15, 0.2) is 16.6 Å². The first-order chi connectivity index (χ1) is 16.2. The number of ether oxygens (including phenoxy) is 2. The van der Waals surface area contributed by atoms with Gasteiger partial charge in [0.1, 0.15) is 0 Å². The van der Waals surface area contributed by atoms with Crippen molar-refractivity contribution in [1.82, 2.24) is 10.4 Å². The number of rotatable bonds is 9. The van der Waals surface area contributed by atoms with E-state index in [4.69, 9.17) is 21.1 Å². The molecule has 0 aliphatic carbocycles. The molecule has 7 nitrogen and oxygen atoms in total. The Morgan fingerprint density at radius 2 is 2.06 bits per heavy atom. The van der Waals surface area contributed by atoms with Gasteiger partial charge >= 0.3 is 6.18 Å². The van der Waals surface area contributed by atoms with Crippen LogP contribution in [0.2, 0.25) is 5.02 Å². The van der Waals surface area contributed by atoms with Crippen LogP contribution in [-0.4, -0.2) is 30.8 Å². The zero-order chi connectivity index (χ0) is 24.7. The van der Waals surface area contributed by atoms with E-state index in [1.54, 1.807) is 17.5 Å². The topological polar surface area (TPSA) is 84.8 Å². The van der Waals surface area contributed by atoms with Crippen LogP contribution in [0.25, 0.3) is 0 Å². The molecule has 0 radical (unpaired) electrons. The van der Waals surface area contributed by atoms with Crippen molar-refractivity contribution in [2.45, 2.75) is 19.5 Å². The molecule has 0 spiro atoms. The molecule has 0 aliphatic rings. The van der Waals surface area contributed by atoms with E-state index in [1.807, 2.05) is 6.92 Å². The van der Waals surface area contributed by atoms with Crippen molar-refractivity contribution >= 4 is 45.9 Å². The smallest absolute Gasteiger partial charge is 0.416 e. The summed E-state index contributed by atoms with van der Waals surface area (Å²) < 4.78 is 49.3. The van der Waals surface area contributed by atoms with Crippen LogP contribution in [0.1, 0.15) is 23.7 Å². The summed E-state index contributed by atoms with van der Waals surface area (Å²) >= 11 is 7.39. The van der Waals surface area contributed by atoms with E-state index >= 15 is 0 Å². The standard InChI is InChI=1S/C22H20ClF3N4O3S/c1-3-33-19-10-17(23)13(7-18(19)32-2)11-27-30-20(31)9-16-12-34-21(29-16)28-15-6-4-5-14(8-15)22(24,25)26/h4-8,10-12H,3,9H2,1-2H3,(H,28,29)(H,30,31)/b27-11-. The van der Waals surface area contributed by atoms with Crippen molar-refractivity contribution in [3.05, 3.63) is 63.6 Å². The number of amides is 1. The van der Waals surface area contributed by atoms with Gasteiger partial charge in [-0.2, -0.15) is 18.3 Å². The minimum absolute atomic E-state index is 0.0710. The number of nitrogens with zero attached hydrogens (tertiary/aromatic N) is 2. The fourth-order valence-corrected chi connectivity index (χ4v) is 3.73. The Morgan fingerprint density at radius 1 is 1.26 bits per heavy atom. The van der Waals surface area contributed by atoms with E-state index in [0.29, 0.717) is 39.5 Å². The van der Waals surface area contributed by atoms with Crippen LogP contribution in [0.3, 0.4) is 0 Å². The molecule has 180 valence electrons. The molecule has 0 saturated carbocycles. The lowest BCUT2D eigenvalue weighted by atomic mass is 10.2. The zero-order valence-electron chi connectivity index (χ0n) is 18.1. The van der Waals surface area contributed by atoms with Crippen molar-refractivity contribution in [1.29, 1.82) is 0 Å². The third-order valence-electron chi connectivity index (χ3n) is 4.31. The molecular weight excluding hydrogens is 493 g/mol. The fraction of sp³-hybridized carbons (Fsp3) is 0.227. The van der Waals surface area contributed by atoms with E-state index < -0.39 is 17.6 Å². The lowest BCUT2D eigenvalue weighted by Crippen LogP contribution is -2.20. The summed E-state index contributed by atoms with van der Waals surface area (Å²) in [6.07, 6.45) is -3.14. The van der Waals surface area contributed by atoms with Crippen LogP contribution in [-0.2, 0) is 17.4 Å². The fourth-order valence-electron chi connectivity index (χ4n) is 2.80. The highest BCUT2D eigenvalue weighted by atomic mass is 35.5. The number of methoxy groups -OCH3 is 1. The average molecular weight is 513 g/mol. The van der Waals surface area contributed by atoms with Crippen LogP contribution in [0.5, 0.6) is 11.5 Å². The first-order valence-electron chi connectivity index (χ1n) is 9.90. The quantitative estimate of drug-likeness (QED) is 0.285. The molecule has 0 fully saturated rings. The van der Waals surface area contributed by atoms with Gasteiger partial charge in [-0.1, -0.05) is 17.7 Å². The second-order valence-corrected chi connectivity index (χ2v) is 8.04. The number of hydrogen-bond acceptors (Lipinski definition) is 7. The highest BCUT2D eigenvalue weighted by molar-refractivity contribution is 7.13. The minimum Gasteiger partial charge on any atom is -0.493 e. The number of hydrazone groups is 1. The first kappa shape index (κ1) is 25.3. The van der Waals surface area contributed by atoms with Gasteiger partial charge in [-0.25, -0.2) is 10.4 Å². The summed E-state index contributed by atoms with van der Waals surface area (Å²) in [4.78, 5) is 16.4. The summed E-state index contributed by atoms with van der Waals surface area (Å²) in [5.74, 6) is 0.540. The van der Waals surface area contributed by atoms with Crippen molar-refractivity contribution in [2.24, 2.45) is 5.10 Å². The molecule has 1 heterocycles. The van der Waals surface area contributed by atoms with E-state index in [1.165, 1.54) is 36.8 Å². The number of benzene rings is 2. The second-order valence-electron chi connectivity index (χ2n) is 6.78. The maximum atomic E-state index is 12.9. The Morgan fingerprint density at radius 3 is 2.76 bits per heavy atom. The molecule has 1 aromatic heterocycles. The van der Waals surface area contributed by atoms with Crippen molar-refractivity contribution in [2.75, 3.05) is 19.0 Å². The predicted octanol–water partition coefficient (Wildman–Crippen LogP) is 5.66. The number of carbonyl (C=O) groups is 1.